The Morgan fingerprint density at radius 1 is 1.25 bits per heavy atom. The average Bonchev–Trinajstić information content (AvgIpc) is 3.08. The van der Waals surface area contributed by atoms with Crippen LogP contribution in [0.5, 0.6) is 0 Å². The van der Waals surface area contributed by atoms with Gasteiger partial charge in [0.15, 0.2) is 5.82 Å². The van der Waals surface area contributed by atoms with Gasteiger partial charge in [-0.2, -0.15) is 5.10 Å². The molecule has 2 aromatic rings. The second kappa shape index (κ2) is 9.70. The van der Waals surface area contributed by atoms with Crippen LogP contribution in [0.4, 0.5) is 10.3 Å². The Hall–Kier alpha value is -1.63. The second-order valence-corrected chi connectivity index (χ2v) is 10.9. The summed E-state index contributed by atoms with van der Waals surface area (Å²) in [7, 11) is -3.36. The summed E-state index contributed by atoms with van der Waals surface area (Å²) in [5.74, 6) is 0.0697. The fraction of sp³-hybridized carbons (Fsp3) is 0.650. The number of sulfonamides is 1. The molecule has 1 fully saturated rings. The van der Waals surface area contributed by atoms with Crippen molar-refractivity contribution in [2.24, 2.45) is 0 Å². The highest BCUT2D eigenvalue weighted by Gasteiger charge is 2.35. The maximum Gasteiger partial charge on any atom is 0.225 e. The topological polar surface area (TPSA) is 102 Å². The number of halogens is 2. The van der Waals surface area contributed by atoms with Gasteiger partial charge in [-0.1, -0.05) is 6.92 Å². The quantitative estimate of drug-likeness (QED) is 0.585. The Morgan fingerprint density at radius 3 is 2.56 bits per heavy atom. The van der Waals surface area contributed by atoms with Gasteiger partial charge in [0, 0.05) is 19.1 Å². The molecule has 4 heterocycles. The van der Waals surface area contributed by atoms with Crippen molar-refractivity contribution in [2.75, 3.05) is 30.9 Å². The molecule has 2 aliphatic rings. The fourth-order valence-corrected chi connectivity index (χ4v) is 5.97. The van der Waals surface area contributed by atoms with Crippen molar-refractivity contribution in [3.8, 4) is 0 Å². The maximum absolute atomic E-state index is 13.1. The number of nitrogens with zero attached hydrogens (tertiary/aromatic N) is 5. The van der Waals surface area contributed by atoms with Crippen LogP contribution in [0.15, 0.2) is 16.9 Å². The monoisotopic (exact) mass is 530 g/mol. The van der Waals surface area contributed by atoms with Crippen molar-refractivity contribution >= 4 is 31.9 Å². The minimum Gasteiger partial charge on any atom is -0.376 e. The van der Waals surface area contributed by atoms with E-state index in [-0.39, 0.29) is 18.2 Å². The first kappa shape index (κ1) is 23.5. The first-order valence-electron chi connectivity index (χ1n) is 10.8. The Kier molecular flexibility index (Phi) is 7.13. The van der Waals surface area contributed by atoms with Crippen molar-refractivity contribution in [2.45, 2.75) is 57.2 Å². The van der Waals surface area contributed by atoms with E-state index in [1.54, 1.807) is 0 Å². The zero-order valence-electron chi connectivity index (χ0n) is 18.2. The van der Waals surface area contributed by atoms with E-state index in [2.05, 4.69) is 37.5 Å². The van der Waals surface area contributed by atoms with Gasteiger partial charge in [-0.3, -0.25) is 4.68 Å². The number of hydrogen-bond donors (Lipinski definition) is 1. The van der Waals surface area contributed by atoms with Crippen LogP contribution in [-0.4, -0.2) is 66.3 Å². The van der Waals surface area contributed by atoms with Gasteiger partial charge in [0.25, 0.3) is 0 Å². The Labute approximate surface area is 195 Å². The number of hydrogen-bond acceptors (Lipinski definition) is 7. The molecule has 32 heavy (non-hydrogen) atoms. The largest absolute Gasteiger partial charge is 0.376 e. The number of nitrogens with one attached hydrogen (secondary N) is 1. The molecular formula is C20H28BrFN6O3S. The highest BCUT2D eigenvalue weighted by molar-refractivity contribution is 9.10. The van der Waals surface area contributed by atoms with Gasteiger partial charge >= 0.3 is 0 Å². The highest BCUT2D eigenvalue weighted by Crippen LogP contribution is 2.33. The van der Waals surface area contributed by atoms with Crippen LogP contribution in [-0.2, 0) is 27.6 Å². The second-order valence-electron chi connectivity index (χ2n) is 8.33. The molecule has 1 saturated heterocycles. The number of aryl methyl sites for hydroxylation is 1. The van der Waals surface area contributed by atoms with E-state index >= 15 is 0 Å². The van der Waals surface area contributed by atoms with E-state index < -0.39 is 15.8 Å². The lowest BCUT2D eigenvalue weighted by molar-refractivity contribution is 0.00596. The van der Waals surface area contributed by atoms with Crippen molar-refractivity contribution in [3.05, 3.63) is 34.1 Å². The molecule has 0 bridgehead atoms. The zero-order valence-corrected chi connectivity index (χ0v) is 20.6. The third kappa shape index (κ3) is 5.29. The number of rotatable bonds is 7. The minimum atomic E-state index is -3.36. The third-order valence-corrected chi connectivity index (χ3v) is 7.66. The summed E-state index contributed by atoms with van der Waals surface area (Å²) in [6.45, 7) is 3.85. The van der Waals surface area contributed by atoms with Crippen LogP contribution in [0, 0.1) is 5.82 Å². The SMILES string of the molecule is CCc1nn2c(c1Br)CCC(NS(C)(=O)=O)C2COC1CCN(c2ncc(F)cn2)CC1. The van der Waals surface area contributed by atoms with Crippen LogP contribution in [0.3, 0.4) is 0 Å². The molecule has 2 aliphatic heterocycles. The molecule has 0 spiro atoms. The van der Waals surface area contributed by atoms with Crippen LogP contribution in [0.25, 0.3) is 0 Å². The predicted octanol–water partition coefficient (Wildman–Crippen LogP) is 2.23. The number of anilines is 1. The molecule has 176 valence electrons. The van der Waals surface area contributed by atoms with Gasteiger partial charge in [-0.15, -0.1) is 0 Å². The average molecular weight is 531 g/mol. The zero-order chi connectivity index (χ0) is 22.9. The van der Waals surface area contributed by atoms with Gasteiger partial charge in [-0.25, -0.2) is 27.5 Å². The van der Waals surface area contributed by atoms with Crippen LogP contribution in [0.1, 0.15) is 43.6 Å². The van der Waals surface area contributed by atoms with Crippen molar-refractivity contribution < 1.29 is 17.5 Å². The van der Waals surface area contributed by atoms with E-state index in [0.717, 1.165) is 41.5 Å². The number of aromatic nitrogens is 4. The normalized spacial score (nSPS) is 22.2. The maximum atomic E-state index is 13.1. The van der Waals surface area contributed by atoms with Crippen LogP contribution < -0.4 is 9.62 Å². The molecule has 0 aliphatic carbocycles. The third-order valence-electron chi connectivity index (χ3n) is 6.02. The van der Waals surface area contributed by atoms with Crippen molar-refractivity contribution in [1.82, 2.24) is 24.5 Å². The summed E-state index contributed by atoms with van der Waals surface area (Å²) in [5.41, 5.74) is 2.06. The van der Waals surface area contributed by atoms with Gasteiger partial charge in [0.05, 0.1) is 53.3 Å². The summed E-state index contributed by atoms with van der Waals surface area (Å²) in [5, 5.41) is 4.75. The molecule has 0 aromatic carbocycles. The summed E-state index contributed by atoms with van der Waals surface area (Å²) in [4.78, 5) is 10.1. The number of ether oxygens (including phenoxy) is 1. The molecule has 2 unspecified atom stereocenters. The highest BCUT2D eigenvalue weighted by atomic mass is 79.9. The Morgan fingerprint density at radius 2 is 1.94 bits per heavy atom. The van der Waals surface area contributed by atoms with Crippen LogP contribution in [0.2, 0.25) is 0 Å². The van der Waals surface area contributed by atoms with E-state index in [1.807, 2.05) is 9.58 Å². The Bertz CT molecular complexity index is 1040. The summed E-state index contributed by atoms with van der Waals surface area (Å²) < 4.78 is 49.0. The van der Waals surface area contributed by atoms with E-state index in [9.17, 15) is 12.8 Å². The lowest BCUT2D eigenvalue weighted by atomic mass is 9.98. The molecule has 2 aromatic heterocycles. The predicted molar refractivity (Wildman–Crippen MR) is 122 cm³/mol. The summed E-state index contributed by atoms with van der Waals surface area (Å²) >= 11 is 3.66. The standard InChI is InChI=1S/C20H28BrFN6O3S/c1-3-15-19(21)17-5-4-16(26-32(2,29)30)18(28(17)25-15)12-31-14-6-8-27(9-7-14)20-23-10-13(22)11-24-20/h10-11,14,16,18,26H,3-9,12H2,1-2H3. The first-order chi connectivity index (χ1) is 15.2. The van der Waals surface area contributed by atoms with Gasteiger partial charge in [0.2, 0.25) is 16.0 Å². The molecule has 0 radical (unpaired) electrons. The fourth-order valence-electron chi connectivity index (χ4n) is 4.41. The summed E-state index contributed by atoms with van der Waals surface area (Å²) in [6, 6.07) is -0.495. The number of piperidine rings is 1. The van der Waals surface area contributed by atoms with E-state index in [4.69, 9.17) is 9.84 Å². The van der Waals surface area contributed by atoms with Crippen molar-refractivity contribution in [3.63, 3.8) is 0 Å². The van der Waals surface area contributed by atoms with Crippen molar-refractivity contribution in [1.29, 1.82) is 0 Å². The van der Waals surface area contributed by atoms with Gasteiger partial charge in [-0.05, 0) is 48.0 Å². The Balaban J connectivity index is 1.43. The molecule has 2 atom stereocenters. The van der Waals surface area contributed by atoms with Crippen LogP contribution >= 0.6 is 15.9 Å². The summed E-state index contributed by atoms with van der Waals surface area (Å²) in [6.07, 6.45) is 7.37. The van der Waals surface area contributed by atoms with E-state index in [1.165, 1.54) is 18.6 Å². The molecule has 9 nitrogen and oxygen atoms in total. The van der Waals surface area contributed by atoms with Gasteiger partial charge < -0.3 is 9.64 Å². The van der Waals surface area contributed by atoms with E-state index in [0.29, 0.717) is 32.1 Å². The lowest BCUT2D eigenvalue weighted by Gasteiger charge is -2.36. The molecule has 0 amide bonds. The number of fused-ring (bicyclic) bond motifs is 1. The molecule has 0 saturated carbocycles. The molecule has 1 N–H and O–H groups in total. The molecule has 4 rings (SSSR count). The smallest absolute Gasteiger partial charge is 0.225 e. The lowest BCUT2D eigenvalue weighted by Crippen LogP contribution is -2.47. The molecule has 12 heteroatoms. The molecular weight excluding hydrogens is 503 g/mol. The van der Waals surface area contributed by atoms with Gasteiger partial charge in [0.1, 0.15) is 0 Å². The first-order valence-corrected chi connectivity index (χ1v) is 13.5. The minimum absolute atomic E-state index is 0.0422.